The van der Waals surface area contributed by atoms with Crippen LogP contribution in [0.2, 0.25) is 0 Å². The number of nitrogens with one attached hydrogen (secondary N) is 1. The van der Waals surface area contributed by atoms with Crippen LogP contribution in [0.1, 0.15) is 27.2 Å². The molecule has 0 saturated carbocycles. The lowest BCUT2D eigenvalue weighted by Crippen LogP contribution is -2.00. The molecule has 0 amide bonds. The van der Waals surface area contributed by atoms with E-state index in [-0.39, 0.29) is 5.97 Å². The number of nitrogens with zero attached hydrogens (tertiary/aromatic N) is 1. The van der Waals surface area contributed by atoms with Gasteiger partial charge in [-0.05, 0) is 38.1 Å². The molecule has 1 N–H and O–H groups in total. The summed E-state index contributed by atoms with van der Waals surface area (Å²) in [6.45, 7) is 4.02. The van der Waals surface area contributed by atoms with Crippen molar-refractivity contribution >= 4 is 28.6 Å². The third kappa shape index (κ3) is 3.49. The number of aromatic nitrogens is 2. The number of esters is 1. The molecule has 0 saturated heterocycles. The fourth-order valence-corrected chi connectivity index (χ4v) is 3.77. The number of carbonyl (C=O) groups is 1. The van der Waals surface area contributed by atoms with Crippen molar-refractivity contribution in [2.45, 2.75) is 24.6 Å². The quantitative estimate of drug-likeness (QED) is 0.546. The molecule has 0 radical (unpaired) electrons. The smallest absolute Gasteiger partial charge is 0.337 e. The van der Waals surface area contributed by atoms with E-state index in [0.29, 0.717) is 5.56 Å². The van der Waals surface area contributed by atoms with Crippen molar-refractivity contribution in [3.05, 3.63) is 52.8 Å². The molecule has 1 aromatic carbocycles. The van der Waals surface area contributed by atoms with Gasteiger partial charge in [-0.3, -0.25) is 4.98 Å². The van der Waals surface area contributed by atoms with Gasteiger partial charge < -0.3 is 14.5 Å². The lowest BCUT2D eigenvalue weighted by molar-refractivity contribution is 0.0601. The molecule has 2 aromatic heterocycles. The van der Waals surface area contributed by atoms with E-state index in [0.717, 1.165) is 44.3 Å². The van der Waals surface area contributed by atoms with Crippen molar-refractivity contribution in [1.29, 1.82) is 0 Å². The average Bonchev–Trinajstić information content (AvgIpc) is 3.02. The number of hydrogen-bond acceptors (Lipinski definition) is 5. The highest BCUT2D eigenvalue weighted by molar-refractivity contribution is 7.98. The third-order valence-corrected chi connectivity index (χ3v) is 5.08. The fraction of sp³-hybridized carbons (Fsp3) is 0.263. The van der Waals surface area contributed by atoms with Gasteiger partial charge in [-0.25, -0.2) is 4.79 Å². The van der Waals surface area contributed by atoms with Gasteiger partial charge >= 0.3 is 5.97 Å². The van der Waals surface area contributed by atoms with Crippen LogP contribution < -0.4 is 4.74 Å². The van der Waals surface area contributed by atoms with Crippen LogP contribution >= 0.6 is 11.8 Å². The van der Waals surface area contributed by atoms with E-state index in [1.54, 1.807) is 24.9 Å². The van der Waals surface area contributed by atoms with E-state index < -0.39 is 0 Å². The minimum absolute atomic E-state index is 0.330. The molecule has 3 aromatic rings. The molecule has 25 heavy (non-hydrogen) atoms. The van der Waals surface area contributed by atoms with Crippen LogP contribution in [0.15, 0.2) is 35.5 Å². The largest absolute Gasteiger partial charge is 0.496 e. The summed E-state index contributed by atoms with van der Waals surface area (Å²) in [7, 11) is 3.07. The molecule has 6 heteroatoms. The molecule has 130 valence electrons. The van der Waals surface area contributed by atoms with Crippen molar-refractivity contribution in [2.24, 2.45) is 0 Å². The third-order valence-electron chi connectivity index (χ3n) is 4.13. The minimum atomic E-state index is -0.330. The van der Waals surface area contributed by atoms with Crippen LogP contribution in [0, 0.1) is 13.8 Å². The lowest BCUT2D eigenvalue weighted by atomic mass is 10.1. The van der Waals surface area contributed by atoms with Crippen LogP contribution in [0.4, 0.5) is 0 Å². The Kier molecular flexibility index (Phi) is 4.99. The Morgan fingerprint density at radius 2 is 2.04 bits per heavy atom. The Bertz CT molecular complexity index is 934. The fourth-order valence-electron chi connectivity index (χ4n) is 2.79. The molecule has 0 aliphatic carbocycles. The Balaban J connectivity index is 1.81. The molecule has 0 atom stereocenters. The van der Waals surface area contributed by atoms with Crippen LogP contribution in [0.25, 0.3) is 10.9 Å². The maximum Gasteiger partial charge on any atom is 0.337 e. The second-order valence-corrected chi connectivity index (χ2v) is 6.78. The predicted molar refractivity (Wildman–Crippen MR) is 99.5 cm³/mol. The molecule has 3 rings (SSSR count). The highest BCUT2D eigenvalue weighted by atomic mass is 32.2. The zero-order valence-electron chi connectivity index (χ0n) is 14.7. The summed E-state index contributed by atoms with van der Waals surface area (Å²) in [4.78, 5) is 19.5. The predicted octanol–water partition coefficient (Wildman–Crippen LogP) is 4.27. The van der Waals surface area contributed by atoms with Crippen molar-refractivity contribution in [3.8, 4) is 5.75 Å². The van der Waals surface area contributed by atoms with Crippen LogP contribution in [-0.2, 0) is 10.5 Å². The highest BCUT2D eigenvalue weighted by Crippen LogP contribution is 2.30. The van der Waals surface area contributed by atoms with E-state index in [9.17, 15) is 4.79 Å². The summed E-state index contributed by atoms with van der Waals surface area (Å²) in [5.74, 6) is 1.30. The van der Waals surface area contributed by atoms with Gasteiger partial charge in [0.25, 0.3) is 0 Å². The number of aryl methyl sites for hydroxylation is 1. The summed E-state index contributed by atoms with van der Waals surface area (Å²) < 4.78 is 10.2. The maximum atomic E-state index is 11.6. The first-order valence-electron chi connectivity index (χ1n) is 7.86. The first kappa shape index (κ1) is 17.4. The van der Waals surface area contributed by atoms with Gasteiger partial charge in [-0.2, -0.15) is 0 Å². The maximum absolute atomic E-state index is 11.6. The van der Waals surface area contributed by atoms with Gasteiger partial charge in [0.1, 0.15) is 5.75 Å². The number of rotatable bonds is 5. The number of benzene rings is 1. The standard InChI is InChI=1S/C19H20N2O3S/c1-11-9-20-16(12(2)18(11)23-3)10-25-17-8-14-7-13(19(22)24-4)5-6-15(14)21-17/h5-9,21H,10H2,1-4H3. The van der Waals surface area contributed by atoms with Gasteiger partial charge in [0.2, 0.25) is 0 Å². The molecule has 0 aliphatic rings. The second-order valence-electron chi connectivity index (χ2n) is 5.76. The van der Waals surface area contributed by atoms with E-state index in [1.807, 2.05) is 38.2 Å². The van der Waals surface area contributed by atoms with Gasteiger partial charge in [0.15, 0.2) is 0 Å². The van der Waals surface area contributed by atoms with Crippen LogP contribution in [-0.4, -0.2) is 30.2 Å². The summed E-state index contributed by atoms with van der Waals surface area (Å²) in [5, 5.41) is 2.01. The van der Waals surface area contributed by atoms with E-state index in [2.05, 4.69) is 9.97 Å². The van der Waals surface area contributed by atoms with Gasteiger partial charge in [-0.1, -0.05) is 0 Å². The molecule has 0 fully saturated rings. The summed E-state index contributed by atoms with van der Waals surface area (Å²) in [6, 6.07) is 7.52. The van der Waals surface area contributed by atoms with E-state index >= 15 is 0 Å². The minimum Gasteiger partial charge on any atom is -0.496 e. The number of fused-ring (bicyclic) bond motifs is 1. The van der Waals surface area contributed by atoms with Crippen molar-refractivity contribution in [2.75, 3.05) is 14.2 Å². The number of pyridine rings is 1. The molecule has 0 unspecified atom stereocenters. The monoisotopic (exact) mass is 356 g/mol. The molecule has 0 spiro atoms. The summed E-state index contributed by atoms with van der Waals surface area (Å²) in [6.07, 6.45) is 1.84. The number of ether oxygens (including phenoxy) is 2. The molecule has 0 bridgehead atoms. The van der Waals surface area contributed by atoms with Crippen molar-refractivity contribution in [3.63, 3.8) is 0 Å². The number of carbonyl (C=O) groups excluding carboxylic acids is 1. The lowest BCUT2D eigenvalue weighted by Gasteiger charge is -2.11. The topological polar surface area (TPSA) is 64.2 Å². The number of aromatic amines is 1. The first-order valence-corrected chi connectivity index (χ1v) is 8.85. The Labute approximate surface area is 150 Å². The van der Waals surface area contributed by atoms with E-state index in [4.69, 9.17) is 9.47 Å². The Morgan fingerprint density at radius 1 is 1.24 bits per heavy atom. The molecular formula is C19H20N2O3S. The van der Waals surface area contributed by atoms with Gasteiger partial charge in [0.05, 0.1) is 30.5 Å². The molecule has 0 aliphatic heterocycles. The number of H-pyrrole nitrogens is 1. The average molecular weight is 356 g/mol. The van der Waals surface area contributed by atoms with Gasteiger partial charge in [0, 0.05) is 34.0 Å². The van der Waals surface area contributed by atoms with Crippen molar-refractivity contribution in [1.82, 2.24) is 9.97 Å². The summed E-state index contributed by atoms with van der Waals surface area (Å²) in [5.41, 5.74) is 4.64. The molecular weight excluding hydrogens is 336 g/mol. The molecule has 5 nitrogen and oxygen atoms in total. The van der Waals surface area contributed by atoms with E-state index in [1.165, 1.54) is 7.11 Å². The van der Waals surface area contributed by atoms with Crippen LogP contribution in [0.3, 0.4) is 0 Å². The first-order chi connectivity index (χ1) is 12.0. The summed E-state index contributed by atoms with van der Waals surface area (Å²) >= 11 is 1.67. The highest BCUT2D eigenvalue weighted by Gasteiger charge is 2.11. The second kappa shape index (κ2) is 7.19. The SMILES string of the molecule is COC(=O)c1ccc2[nH]c(SCc3ncc(C)c(OC)c3C)cc2c1. The van der Waals surface area contributed by atoms with Crippen molar-refractivity contribution < 1.29 is 14.3 Å². The molecule has 2 heterocycles. The number of thioether (sulfide) groups is 1. The Hall–Kier alpha value is -2.47. The van der Waals surface area contributed by atoms with Gasteiger partial charge in [-0.15, -0.1) is 11.8 Å². The zero-order chi connectivity index (χ0) is 18.0. The Morgan fingerprint density at radius 3 is 2.76 bits per heavy atom. The number of hydrogen-bond donors (Lipinski definition) is 1. The number of methoxy groups -OCH3 is 2. The van der Waals surface area contributed by atoms with Crippen LogP contribution in [0.5, 0.6) is 5.75 Å². The zero-order valence-corrected chi connectivity index (χ0v) is 15.5. The normalized spacial score (nSPS) is 10.9.